The molecule has 0 unspecified atom stereocenters. The lowest BCUT2D eigenvalue weighted by atomic mass is 10.1. The Hall–Kier alpha value is -1.29. The van der Waals surface area contributed by atoms with E-state index in [-0.39, 0.29) is 11.6 Å². The van der Waals surface area contributed by atoms with Crippen molar-refractivity contribution in [3.8, 4) is 5.75 Å². The molecular weight excluding hydrogens is 300 g/mol. The lowest BCUT2D eigenvalue weighted by molar-refractivity contribution is 0.300. The van der Waals surface area contributed by atoms with E-state index in [2.05, 4.69) is 0 Å². The summed E-state index contributed by atoms with van der Waals surface area (Å²) in [4.78, 5) is 0. The van der Waals surface area contributed by atoms with E-state index in [1.165, 1.54) is 6.07 Å². The van der Waals surface area contributed by atoms with Gasteiger partial charge in [-0.05, 0) is 36.7 Å². The summed E-state index contributed by atoms with van der Waals surface area (Å²) in [5.41, 5.74) is 6.91. The highest BCUT2D eigenvalue weighted by Crippen LogP contribution is 2.27. The zero-order valence-corrected chi connectivity index (χ0v) is 12.2. The number of halogens is 3. The van der Waals surface area contributed by atoms with Gasteiger partial charge >= 0.3 is 0 Å². The Morgan fingerprint density at radius 3 is 2.60 bits per heavy atom. The molecule has 0 spiro atoms. The van der Waals surface area contributed by atoms with Crippen molar-refractivity contribution in [3.63, 3.8) is 0 Å². The SMILES string of the molecule is NCCc1ccc(OCc2cccc(Cl)c2F)c(Cl)c1. The highest BCUT2D eigenvalue weighted by atomic mass is 35.5. The van der Waals surface area contributed by atoms with Crippen LogP contribution in [-0.4, -0.2) is 6.54 Å². The molecule has 2 N–H and O–H groups in total. The minimum Gasteiger partial charge on any atom is -0.487 e. The summed E-state index contributed by atoms with van der Waals surface area (Å²) in [7, 11) is 0. The average Bonchev–Trinajstić information content (AvgIpc) is 2.42. The molecule has 20 heavy (non-hydrogen) atoms. The van der Waals surface area contributed by atoms with Gasteiger partial charge < -0.3 is 10.5 Å². The van der Waals surface area contributed by atoms with Crippen molar-refractivity contribution >= 4 is 23.2 Å². The normalized spacial score (nSPS) is 10.6. The van der Waals surface area contributed by atoms with Gasteiger partial charge in [0.15, 0.2) is 0 Å². The molecule has 106 valence electrons. The van der Waals surface area contributed by atoms with Crippen LogP contribution in [0, 0.1) is 5.82 Å². The van der Waals surface area contributed by atoms with Crippen molar-refractivity contribution in [2.45, 2.75) is 13.0 Å². The van der Waals surface area contributed by atoms with Gasteiger partial charge in [-0.15, -0.1) is 0 Å². The van der Waals surface area contributed by atoms with E-state index in [4.69, 9.17) is 33.7 Å². The van der Waals surface area contributed by atoms with Crippen LogP contribution in [0.3, 0.4) is 0 Å². The van der Waals surface area contributed by atoms with E-state index in [9.17, 15) is 4.39 Å². The molecule has 0 atom stereocenters. The summed E-state index contributed by atoms with van der Waals surface area (Å²) in [5.74, 6) is 0.0388. The summed E-state index contributed by atoms with van der Waals surface area (Å²) < 4.78 is 19.2. The molecule has 2 nitrogen and oxygen atoms in total. The smallest absolute Gasteiger partial charge is 0.148 e. The van der Waals surface area contributed by atoms with E-state index >= 15 is 0 Å². The van der Waals surface area contributed by atoms with Crippen LogP contribution >= 0.6 is 23.2 Å². The lowest BCUT2D eigenvalue weighted by Gasteiger charge is -2.10. The van der Waals surface area contributed by atoms with Gasteiger partial charge in [0.25, 0.3) is 0 Å². The van der Waals surface area contributed by atoms with E-state index in [0.29, 0.717) is 22.9 Å². The Balaban J connectivity index is 2.09. The summed E-state index contributed by atoms with van der Waals surface area (Å²) in [5, 5.41) is 0.564. The molecule has 0 aliphatic rings. The lowest BCUT2D eigenvalue weighted by Crippen LogP contribution is -2.03. The zero-order chi connectivity index (χ0) is 14.5. The Morgan fingerprint density at radius 1 is 1.10 bits per heavy atom. The predicted octanol–water partition coefficient (Wildman–Crippen LogP) is 4.21. The summed E-state index contributed by atoms with van der Waals surface area (Å²) >= 11 is 11.8. The molecule has 0 aliphatic carbocycles. The van der Waals surface area contributed by atoms with Gasteiger partial charge in [-0.2, -0.15) is 0 Å². The Labute approximate surface area is 127 Å². The van der Waals surface area contributed by atoms with E-state index in [1.54, 1.807) is 24.3 Å². The van der Waals surface area contributed by atoms with Crippen LogP contribution in [0.5, 0.6) is 5.75 Å². The number of hydrogen-bond acceptors (Lipinski definition) is 2. The van der Waals surface area contributed by atoms with E-state index in [0.717, 1.165) is 12.0 Å². The topological polar surface area (TPSA) is 35.2 Å². The molecule has 0 saturated carbocycles. The molecule has 0 heterocycles. The van der Waals surface area contributed by atoms with Crippen molar-refractivity contribution in [1.29, 1.82) is 0 Å². The minimum absolute atomic E-state index is 0.0718. The quantitative estimate of drug-likeness (QED) is 0.897. The first-order valence-corrected chi connectivity index (χ1v) is 6.91. The zero-order valence-electron chi connectivity index (χ0n) is 10.7. The highest BCUT2D eigenvalue weighted by molar-refractivity contribution is 6.32. The van der Waals surface area contributed by atoms with Crippen LogP contribution in [0.1, 0.15) is 11.1 Å². The molecule has 2 aromatic rings. The third kappa shape index (κ3) is 3.63. The van der Waals surface area contributed by atoms with Crippen LogP contribution in [0.4, 0.5) is 4.39 Å². The van der Waals surface area contributed by atoms with Gasteiger partial charge in [-0.1, -0.05) is 41.4 Å². The molecule has 0 saturated heterocycles. The van der Waals surface area contributed by atoms with Crippen molar-refractivity contribution in [2.24, 2.45) is 5.73 Å². The second-order valence-corrected chi connectivity index (χ2v) is 5.12. The number of nitrogens with two attached hydrogens (primary N) is 1. The van der Waals surface area contributed by atoms with Gasteiger partial charge in [-0.25, -0.2) is 4.39 Å². The van der Waals surface area contributed by atoms with Crippen LogP contribution < -0.4 is 10.5 Å². The molecule has 5 heteroatoms. The van der Waals surface area contributed by atoms with E-state index in [1.807, 2.05) is 6.07 Å². The molecule has 0 aliphatic heterocycles. The molecule has 0 fully saturated rings. The summed E-state index contributed by atoms with van der Waals surface area (Å²) in [6.07, 6.45) is 0.753. The Kier molecular flexibility index (Phi) is 5.24. The van der Waals surface area contributed by atoms with Gasteiger partial charge in [0.1, 0.15) is 18.2 Å². The molecule has 0 radical (unpaired) electrons. The van der Waals surface area contributed by atoms with Crippen LogP contribution in [0.15, 0.2) is 36.4 Å². The van der Waals surface area contributed by atoms with Crippen LogP contribution in [-0.2, 0) is 13.0 Å². The van der Waals surface area contributed by atoms with Gasteiger partial charge in [0.05, 0.1) is 10.0 Å². The summed E-state index contributed by atoms with van der Waals surface area (Å²) in [6, 6.07) is 10.2. The van der Waals surface area contributed by atoms with Crippen molar-refractivity contribution < 1.29 is 9.13 Å². The minimum atomic E-state index is -0.468. The summed E-state index contributed by atoms with van der Waals surface area (Å²) in [6.45, 7) is 0.632. The fourth-order valence-corrected chi connectivity index (χ4v) is 2.25. The molecule has 0 bridgehead atoms. The fraction of sp³-hybridized carbons (Fsp3) is 0.200. The highest BCUT2D eigenvalue weighted by Gasteiger charge is 2.08. The van der Waals surface area contributed by atoms with Gasteiger partial charge in [0, 0.05) is 5.56 Å². The largest absolute Gasteiger partial charge is 0.487 e. The van der Waals surface area contributed by atoms with E-state index < -0.39 is 5.82 Å². The predicted molar refractivity (Wildman–Crippen MR) is 80.0 cm³/mol. The number of hydrogen-bond donors (Lipinski definition) is 1. The molecule has 2 aromatic carbocycles. The van der Waals surface area contributed by atoms with Crippen molar-refractivity contribution in [1.82, 2.24) is 0 Å². The average molecular weight is 314 g/mol. The fourth-order valence-electron chi connectivity index (χ4n) is 1.80. The van der Waals surface area contributed by atoms with Crippen LogP contribution in [0.2, 0.25) is 10.0 Å². The number of rotatable bonds is 5. The monoisotopic (exact) mass is 313 g/mol. The third-order valence-electron chi connectivity index (χ3n) is 2.84. The maximum absolute atomic E-state index is 13.7. The number of benzene rings is 2. The molecule has 2 rings (SSSR count). The number of ether oxygens (including phenoxy) is 1. The second-order valence-electron chi connectivity index (χ2n) is 4.31. The van der Waals surface area contributed by atoms with Gasteiger partial charge in [-0.3, -0.25) is 0 Å². The first-order chi connectivity index (χ1) is 9.61. The van der Waals surface area contributed by atoms with Crippen molar-refractivity contribution in [3.05, 3.63) is 63.4 Å². The maximum Gasteiger partial charge on any atom is 0.148 e. The first-order valence-electron chi connectivity index (χ1n) is 6.16. The van der Waals surface area contributed by atoms with Crippen molar-refractivity contribution in [2.75, 3.05) is 6.54 Å². The molecular formula is C15H14Cl2FNO. The molecule has 0 amide bonds. The standard InChI is InChI=1S/C15H14Cl2FNO/c16-12-3-1-2-11(15(12)18)9-20-14-5-4-10(6-7-19)8-13(14)17/h1-5,8H,6-7,9,19H2. The Morgan fingerprint density at radius 2 is 1.90 bits per heavy atom. The van der Waals surface area contributed by atoms with Gasteiger partial charge in [0.2, 0.25) is 0 Å². The second kappa shape index (κ2) is 6.93. The Bertz CT molecular complexity index is 604. The molecule has 0 aromatic heterocycles. The van der Waals surface area contributed by atoms with Crippen LogP contribution in [0.25, 0.3) is 0 Å². The third-order valence-corrected chi connectivity index (χ3v) is 3.43. The first kappa shape index (κ1) is 15.1. The maximum atomic E-state index is 13.7.